The Balaban J connectivity index is 1.36. The first-order valence-electron chi connectivity index (χ1n) is 10.7. The number of thiazole rings is 1. The average molecular weight is 450 g/mol. The molecule has 0 bridgehead atoms. The molecule has 8 nitrogen and oxygen atoms in total. The summed E-state index contributed by atoms with van der Waals surface area (Å²) in [6.07, 6.45) is 3.78. The van der Waals surface area contributed by atoms with E-state index in [0.29, 0.717) is 36.8 Å². The van der Waals surface area contributed by atoms with Crippen LogP contribution in [0.1, 0.15) is 41.2 Å². The minimum atomic E-state index is -0.224. The Morgan fingerprint density at radius 2 is 2.09 bits per heavy atom. The summed E-state index contributed by atoms with van der Waals surface area (Å²) in [5, 5.41) is 6.00. The zero-order valence-corrected chi connectivity index (χ0v) is 18.3. The van der Waals surface area contributed by atoms with Crippen LogP contribution in [0.2, 0.25) is 0 Å². The number of nitrogens with zero attached hydrogens (tertiary/aromatic N) is 4. The van der Waals surface area contributed by atoms with E-state index in [-0.39, 0.29) is 30.2 Å². The van der Waals surface area contributed by atoms with Crippen molar-refractivity contribution in [1.82, 2.24) is 19.8 Å². The van der Waals surface area contributed by atoms with E-state index in [1.807, 2.05) is 40.6 Å². The molecule has 164 valence electrons. The molecule has 4 heterocycles. The van der Waals surface area contributed by atoms with Crippen molar-refractivity contribution in [3.05, 3.63) is 53.2 Å². The van der Waals surface area contributed by atoms with Crippen molar-refractivity contribution in [2.75, 3.05) is 31.5 Å². The molecular formula is C23H23N5O3S. The van der Waals surface area contributed by atoms with Gasteiger partial charge in [0.2, 0.25) is 11.8 Å². The molecule has 32 heavy (non-hydrogen) atoms. The van der Waals surface area contributed by atoms with Gasteiger partial charge < -0.3 is 9.80 Å². The van der Waals surface area contributed by atoms with Gasteiger partial charge in [-0.1, -0.05) is 18.2 Å². The van der Waals surface area contributed by atoms with Gasteiger partial charge in [-0.15, -0.1) is 11.3 Å². The van der Waals surface area contributed by atoms with E-state index in [1.54, 1.807) is 11.1 Å². The summed E-state index contributed by atoms with van der Waals surface area (Å²) < 4.78 is 0. The van der Waals surface area contributed by atoms with Crippen LogP contribution in [0.5, 0.6) is 0 Å². The van der Waals surface area contributed by atoms with Crippen molar-refractivity contribution in [2.24, 2.45) is 0 Å². The predicted octanol–water partition coefficient (Wildman–Crippen LogP) is 2.88. The molecule has 0 radical (unpaired) electrons. The molecule has 0 aliphatic carbocycles. The SMILES string of the molecule is O=C(Nc1nccs1)c1cc([C@H]2CCN(C(=O)CN3CCCC3=O)C2)nc2ccccc12. The number of anilines is 1. The number of benzene rings is 1. The molecule has 3 amide bonds. The molecule has 9 heteroatoms. The number of nitrogens with one attached hydrogen (secondary N) is 1. The lowest BCUT2D eigenvalue weighted by molar-refractivity contribution is -0.137. The van der Waals surface area contributed by atoms with Gasteiger partial charge in [0.05, 0.1) is 17.6 Å². The van der Waals surface area contributed by atoms with E-state index in [9.17, 15) is 14.4 Å². The molecule has 2 aliphatic rings. The van der Waals surface area contributed by atoms with Gasteiger partial charge in [0, 0.05) is 54.6 Å². The van der Waals surface area contributed by atoms with Crippen molar-refractivity contribution < 1.29 is 14.4 Å². The van der Waals surface area contributed by atoms with Crippen molar-refractivity contribution in [3.8, 4) is 0 Å². The Morgan fingerprint density at radius 1 is 1.22 bits per heavy atom. The van der Waals surface area contributed by atoms with Gasteiger partial charge in [-0.25, -0.2) is 4.98 Å². The van der Waals surface area contributed by atoms with E-state index in [4.69, 9.17) is 4.98 Å². The number of fused-ring (bicyclic) bond motifs is 1. The molecule has 2 aromatic heterocycles. The third-order valence-electron chi connectivity index (χ3n) is 6.09. The average Bonchev–Trinajstić information content (AvgIpc) is 3.56. The van der Waals surface area contributed by atoms with Crippen LogP contribution in [-0.2, 0) is 9.59 Å². The highest BCUT2D eigenvalue weighted by atomic mass is 32.1. The number of carbonyl (C=O) groups excluding carboxylic acids is 3. The standard InChI is InChI=1S/C23H23N5O3S/c29-20-6-3-9-27(20)14-21(30)28-10-7-15(13-28)19-12-17(16-4-1-2-5-18(16)25-19)22(31)26-23-24-8-11-32-23/h1-2,4-5,8,11-12,15H,3,6-7,9-10,13-14H2,(H,24,26,31)/t15-/m0/s1. The van der Waals surface area contributed by atoms with Crippen LogP contribution in [0.15, 0.2) is 41.9 Å². The van der Waals surface area contributed by atoms with Crippen molar-refractivity contribution in [3.63, 3.8) is 0 Å². The molecular weight excluding hydrogens is 426 g/mol. The number of hydrogen-bond donors (Lipinski definition) is 1. The summed E-state index contributed by atoms with van der Waals surface area (Å²) in [6.45, 7) is 1.98. The Bertz CT molecular complexity index is 1180. The smallest absolute Gasteiger partial charge is 0.258 e. The fourth-order valence-electron chi connectivity index (χ4n) is 4.41. The number of likely N-dealkylation sites (tertiary alicyclic amines) is 2. The maximum atomic E-state index is 13.0. The zero-order valence-electron chi connectivity index (χ0n) is 17.5. The van der Waals surface area contributed by atoms with Crippen LogP contribution < -0.4 is 5.32 Å². The second-order valence-corrected chi connectivity index (χ2v) is 9.04. The van der Waals surface area contributed by atoms with Crippen molar-refractivity contribution >= 4 is 45.1 Å². The van der Waals surface area contributed by atoms with Gasteiger partial charge in [-0.3, -0.25) is 24.7 Å². The Labute approximate surface area is 189 Å². The molecule has 2 saturated heterocycles. The first kappa shape index (κ1) is 20.6. The lowest BCUT2D eigenvalue weighted by Gasteiger charge is -2.21. The van der Waals surface area contributed by atoms with E-state index in [2.05, 4.69) is 10.3 Å². The third kappa shape index (κ3) is 4.08. The van der Waals surface area contributed by atoms with Crippen molar-refractivity contribution in [2.45, 2.75) is 25.2 Å². The van der Waals surface area contributed by atoms with Crippen LogP contribution >= 0.6 is 11.3 Å². The maximum Gasteiger partial charge on any atom is 0.258 e. The fourth-order valence-corrected chi connectivity index (χ4v) is 4.93. The largest absolute Gasteiger partial charge is 0.340 e. The maximum absolute atomic E-state index is 13.0. The molecule has 0 spiro atoms. The minimum absolute atomic E-state index is 0.0229. The predicted molar refractivity (Wildman–Crippen MR) is 122 cm³/mol. The fraction of sp³-hybridized carbons (Fsp3) is 0.348. The van der Waals surface area contributed by atoms with Gasteiger partial charge >= 0.3 is 0 Å². The Kier molecular flexibility index (Phi) is 5.57. The Hall–Kier alpha value is -3.33. The first-order valence-corrected chi connectivity index (χ1v) is 11.6. The number of rotatable bonds is 5. The second kappa shape index (κ2) is 8.66. The number of pyridine rings is 1. The summed E-state index contributed by atoms with van der Waals surface area (Å²) in [4.78, 5) is 50.0. The second-order valence-electron chi connectivity index (χ2n) is 8.15. The van der Waals surface area contributed by atoms with E-state index in [0.717, 1.165) is 29.4 Å². The van der Waals surface area contributed by atoms with Gasteiger partial charge in [0.25, 0.3) is 5.91 Å². The van der Waals surface area contributed by atoms with Crippen LogP contribution in [0.25, 0.3) is 10.9 Å². The van der Waals surface area contributed by atoms with Crippen molar-refractivity contribution in [1.29, 1.82) is 0 Å². The molecule has 5 rings (SSSR count). The van der Waals surface area contributed by atoms with E-state index >= 15 is 0 Å². The summed E-state index contributed by atoms with van der Waals surface area (Å²) in [5.41, 5.74) is 2.11. The van der Waals surface area contributed by atoms with Crippen LogP contribution in [0.3, 0.4) is 0 Å². The quantitative estimate of drug-likeness (QED) is 0.646. The molecule has 3 aromatic rings. The highest BCUT2D eigenvalue weighted by Crippen LogP contribution is 2.30. The number of amides is 3. The lowest BCUT2D eigenvalue weighted by Crippen LogP contribution is -2.39. The summed E-state index contributed by atoms with van der Waals surface area (Å²) in [5.74, 6) is -0.144. The topological polar surface area (TPSA) is 95.5 Å². The normalized spacial score (nSPS) is 18.5. The zero-order chi connectivity index (χ0) is 22.1. The first-order chi connectivity index (χ1) is 15.6. The monoisotopic (exact) mass is 449 g/mol. The number of hydrogen-bond acceptors (Lipinski definition) is 6. The Morgan fingerprint density at radius 3 is 2.88 bits per heavy atom. The highest BCUT2D eigenvalue weighted by molar-refractivity contribution is 7.13. The van der Waals surface area contributed by atoms with E-state index < -0.39 is 0 Å². The minimum Gasteiger partial charge on any atom is -0.340 e. The molecule has 0 unspecified atom stereocenters. The number of carbonyl (C=O) groups is 3. The summed E-state index contributed by atoms with van der Waals surface area (Å²) in [7, 11) is 0. The molecule has 1 N–H and O–H groups in total. The molecule has 1 aromatic carbocycles. The van der Waals surface area contributed by atoms with Gasteiger partial charge in [-0.2, -0.15) is 0 Å². The van der Waals surface area contributed by atoms with Crippen LogP contribution in [0, 0.1) is 0 Å². The number of para-hydroxylation sites is 1. The number of aromatic nitrogens is 2. The highest BCUT2D eigenvalue weighted by Gasteiger charge is 2.31. The van der Waals surface area contributed by atoms with Gasteiger partial charge in [-0.05, 0) is 25.0 Å². The summed E-state index contributed by atoms with van der Waals surface area (Å²) >= 11 is 1.37. The van der Waals surface area contributed by atoms with Gasteiger partial charge in [0.15, 0.2) is 5.13 Å². The third-order valence-corrected chi connectivity index (χ3v) is 6.78. The van der Waals surface area contributed by atoms with Crippen LogP contribution in [-0.4, -0.2) is 63.7 Å². The van der Waals surface area contributed by atoms with Gasteiger partial charge in [0.1, 0.15) is 0 Å². The summed E-state index contributed by atoms with van der Waals surface area (Å²) in [6, 6.07) is 9.42. The molecule has 2 fully saturated rings. The lowest BCUT2D eigenvalue weighted by atomic mass is 9.99. The molecule has 2 aliphatic heterocycles. The molecule has 0 saturated carbocycles. The molecule has 1 atom stereocenters. The van der Waals surface area contributed by atoms with Crippen LogP contribution in [0.4, 0.5) is 5.13 Å². The van der Waals surface area contributed by atoms with E-state index in [1.165, 1.54) is 11.3 Å².